The molecule has 0 bridgehead atoms. The first-order valence-corrected chi connectivity index (χ1v) is 7.99. The fourth-order valence-corrected chi connectivity index (χ4v) is 2.44. The molecule has 0 amide bonds. The molecule has 0 spiro atoms. The summed E-state index contributed by atoms with van der Waals surface area (Å²) >= 11 is 6.25. The molecular weight excluding hydrogens is 286 g/mol. The lowest BCUT2D eigenvalue weighted by atomic mass is 10.2. The third kappa shape index (κ3) is 5.81. The number of ether oxygens (including phenoxy) is 1. The largest absolute Gasteiger partial charge is 0.383 e. The van der Waals surface area contributed by atoms with Gasteiger partial charge in [-0.3, -0.25) is 0 Å². The second-order valence-electron chi connectivity index (χ2n) is 5.71. The summed E-state index contributed by atoms with van der Waals surface area (Å²) in [6.07, 6.45) is 0. The standard InChI is InChI=1S/C16H28ClN3O/c1-6-20(13(4)11-21-5)16-8-7-14(17)15(19-16)10-18-9-12(2)3/h7-8,12-13,18H,6,9-11H2,1-5H3. The highest BCUT2D eigenvalue weighted by Gasteiger charge is 2.15. The van der Waals surface area contributed by atoms with Crippen molar-refractivity contribution in [3.63, 3.8) is 0 Å². The van der Waals surface area contributed by atoms with E-state index in [0.29, 0.717) is 24.1 Å². The van der Waals surface area contributed by atoms with Gasteiger partial charge in [0.2, 0.25) is 0 Å². The van der Waals surface area contributed by atoms with Crippen LogP contribution in [0.1, 0.15) is 33.4 Å². The van der Waals surface area contributed by atoms with Crippen LogP contribution in [-0.2, 0) is 11.3 Å². The van der Waals surface area contributed by atoms with E-state index in [1.165, 1.54) is 0 Å². The lowest BCUT2D eigenvalue weighted by Crippen LogP contribution is -2.37. The molecule has 0 saturated carbocycles. The van der Waals surface area contributed by atoms with Gasteiger partial charge in [0, 0.05) is 20.2 Å². The van der Waals surface area contributed by atoms with Crippen LogP contribution in [0.2, 0.25) is 5.02 Å². The molecule has 0 aliphatic carbocycles. The monoisotopic (exact) mass is 313 g/mol. The summed E-state index contributed by atoms with van der Waals surface area (Å²) in [5.74, 6) is 1.56. The van der Waals surface area contributed by atoms with Crippen LogP contribution >= 0.6 is 11.6 Å². The summed E-state index contributed by atoms with van der Waals surface area (Å²) in [4.78, 5) is 6.95. The maximum Gasteiger partial charge on any atom is 0.129 e. The van der Waals surface area contributed by atoms with Crippen molar-refractivity contribution in [2.75, 3.05) is 31.7 Å². The molecule has 0 saturated heterocycles. The molecule has 1 rings (SSSR count). The van der Waals surface area contributed by atoms with Gasteiger partial charge in [-0.2, -0.15) is 0 Å². The molecule has 0 aliphatic rings. The van der Waals surface area contributed by atoms with Crippen molar-refractivity contribution < 1.29 is 4.74 Å². The summed E-state index contributed by atoms with van der Waals surface area (Å²) < 4.78 is 5.25. The maximum atomic E-state index is 6.25. The molecule has 1 aromatic rings. The molecule has 1 aromatic heterocycles. The Labute approximate surface area is 133 Å². The van der Waals surface area contributed by atoms with Gasteiger partial charge in [0.05, 0.1) is 23.4 Å². The number of nitrogens with zero attached hydrogens (tertiary/aromatic N) is 2. The van der Waals surface area contributed by atoms with Gasteiger partial charge in [0.25, 0.3) is 0 Å². The van der Waals surface area contributed by atoms with Gasteiger partial charge in [-0.25, -0.2) is 4.98 Å². The number of anilines is 1. The van der Waals surface area contributed by atoms with E-state index in [9.17, 15) is 0 Å². The van der Waals surface area contributed by atoms with Gasteiger partial charge in [-0.1, -0.05) is 25.4 Å². The number of methoxy groups -OCH3 is 1. The number of pyridine rings is 1. The Morgan fingerprint density at radius 1 is 1.33 bits per heavy atom. The van der Waals surface area contributed by atoms with Gasteiger partial charge in [0.1, 0.15) is 5.82 Å². The van der Waals surface area contributed by atoms with Gasteiger partial charge in [0.15, 0.2) is 0 Å². The Morgan fingerprint density at radius 3 is 2.62 bits per heavy atom. The summed E-state index contributed by atoms with van der Waals surface area (Å²) in [6.45, 7) is 11.9. The SMILES string of the molecule is CCN(c1ccc(Cl)c(CNCC(C)C)n1)C(C)COC. The zero-order chi connectivity index (χ0) is 15.8. The lowest BCUT2D eigenvalue weighted by Gasteiger charge is -2.29. The van der Waals surface area contributed by atoms with Gasteiger partial charge in [-0.15, -0.1) is 0 Å². The molecule has 1 unspecified atom stereocenters. The highest BCUT2D eigenvalue weighted by molar-refractivity contribution is 6.31. The molecule has 1 heterocycles. The minimum atomic E-state index is 0.283. The van der Waals surface area contributed by atoms with E-state index in [1.54, 1.807) is 7.11 Å². The first-order chi connectivity index (χ1) is 9.99. The number of rotatable bonds is 9. The van der Waals surface area contributed by atoms with Crippen LogP contribution in [0.4, 0.5) is 5.82 Å². The predicted octanol–water partition coefficient (Wildman–Crippen LogP) is 3.34. The van der Waals surface area contributed by atoms with Crippen molar-refractivity contribution in [1.29, 1.82) is 0 Å². The van der Waals surface area contributed by atoms with Crippen molar-refractivity contribution in [1.82, 2.24) is 10.3 Å². The molecule has 1 atom stereocenters. The number of hydrogen-bond donors (Lipinski definition) is 1. The normalized spacial score (nSPS) is 12.7. The van der Waals surface area contributed by atoms with Crippen molar-refractivity contribution in [2.24, 2.45) is 5.92 Å². The molecule has 0 aliphatic heterocycles. The molecule has 21 heavy (non-hydrogen) atoms. The van der Waals surface area contributed by atoms with Crippen LogP contribution in [-0.4, -0.2) is 37.8 Å². The van der Waals surface area contributed by atoms with Crippen LogP contribution in [0.25, 0.3) is 0 Å². The number of likely N-dealkylation sites (N-methyl/N-ethyl adjacent to an activating group) is 1. The smallest absolute Gasteiger partial charge is 0.129 e. The predicted molar refractivity (Wildman–Crippen MR) is 90.1 cm³/mol. The fourth-order valence-electron chi connectivity index (χ4n) is 2.27. The fraction of sp³-hybridized carbons (Fsp3) is 0.688. The zero-order valence-corrected chi connectivity index (χ0v) is 14.6. The summed E-state index contributed by atoms with van der Waals surface area (Å²) in [7, 11) is 1.72. The average Bonchev–Trinajstić information content (AvgIpc) is 2.42. The van der Waals surface area contributed by atoms with E-state index in [1.807, 2.05) is 12.1 Å². The summed E-state index contributed by atoms with van der Waals surface area (Å²) in [5, 5.41) is 4.10. The van der Waals surface area contributed by atoms with Crippen LogP contribution in [0.3, 0.4) is 0 Å². The van der Waals surface area contributed by atoms with E-state index in [-0.39, 0.29) is 6.04 Å². The van der Waals surface area contributed by atoms with Gasteiger partial charge >= 0.3 is 0 Å². The average molecular weight is 314 g/mol. The van der Waals surface area contributed by atoms with E-state index >= 15 is 0 Å². The number of hydrogen-bond acceptors (Lipinski definition) is 4. The molecule has 0 radical (unpaired) electrons. The quantitative estimate of drug-likeness (QED) is 0.758. The number of halogens is 1. The third-order valence-corrected chi connectivity index (χ3v) is 3.67. The second-order valence-corrected chi connectivity index (χ2v) is 6.12. The van der Waals surface area contributed by atoms with Crippen molar-refractivity contribution >= 4 is 17.4 Å². The van der Waals surface area contributed by atoms with Crippen LogP contribution in [0.15, 0.2) is 12.1 Å². The number of nitrogens with one attached hydrogen (secondary N) is 1. The van der Waals surface area contributed by atoms with E-state index in [4.69, 9.17) is 21.3 Å². The molecule has 1 N–H and O–H groups in total. The van der Waals surface area contributed by atoms with Crippen molar-refractivity contribution in [2.45, 2.75) is 40.3 Å². The minimum Gasteiger partial charge on any atom is -0.383 e. The zero-order valence-electron chi connectivity index (χ0n) is 13.8. The highest BCUT2D eigenvalue weighted by atomic mass is 35.5. The van der Waals surface area contributed by atoms with E-state index < -0.39 is 0 Å². The molecule has 0 fully saturated rings. The molecule has 0 aromatic carbocycles. The lowest BCUT2D eigenvalue weighted by molar-refractivity contribution is 0.181. The van der Waals surface area contributed by atoms with E-state index in [0.717, 1.165) is 24.6 Å². The van der Waals surface area contributed by atoms with Gasteiger partial charge in [-0.05, 0) is 38.4 Å². The molecule has 4 nitrogen and oxygen atoms in total. The molecule has 5 heteroatoms. The van der Waals surface area contributed by atoms with Crippen molar-refractivity contribution in [3.05, 3.63) is 22.8 Å². The van der Waals surface area contributed by atoms with Crippen LogP contribution in [0, 0.1) is 5.92 Å². The van der Waals surface area contributed by atoms with Crippen LogP contribution in [0.5, 0.6) is 0 Å². The Balaban J connectivity index is 2.83. The van der Waals surface area contributed by atoms with Crippen LogP contribution < -0.4 is 10.2 Å². The highest BCUT2D eigenvalue weighted by Crippen LogP contribution is 2.21. The Morgan fingerprint density at radius 2 is 2.05 bits per heavy atom. The summed E-state index contributed by atoms with van der Waals surface area (Å²) in [6, 6.07) is 4.19. The Bertz CT molecular complexity index is 426. The molecular formula is C16H28ClN3O. The first kappa shape index (κ1) is 18.2. The maximum absolute atomic E-state index is 6.25. The number of aromatic nitrogens is 1. The third-order valence-electron chi connectivity index (χ3n) is 3.32. The summed E-state index contributed by atoms with van der Waals surface area (Å²) in [5.41, 5.74) is 0.901. The van der Waals surface area contributed by atoms with E-state index in [2.05, 4.69) is 37.9 Å². The first-order valence-electron chi connectivity index (χ1n) is 7.61. The minimum absolute atomic E-state index is 0.283. The topological polar surface area (TPSA) is 37.4 Å². The van der Waals surface area contributed by atoms with Gasteiger partial charge < -0.3 is 15.0 Å². The molecule has 120 valence electrons. The van der Waals surface area contributed by atoms with Crippen molar-refractivity contribution in [3.8, 4) is 0 Å². The Kier molecular flexibility index (Phi) is 8.01. The Hall–Kier alpha value is -0.840. The second kappa shape index (κ2) is 9.23.